The van der Waals surface area contributed by atoms with Crippen molar-refractivity contribution in [1.82, 2.24) is 9.80 Å². The lowest BCUT2D eigenvalue weighted by atomic mass is 10.0. The third-order valence-corrected chi connectivity index (χ3v) is 4.25. The quantitative estimate of drug-likeness (QED) is 0.899. The second kappa shape index (κ2) is 6.71. The Morgan fingerprint density at radius 3 is 2.89 bits per heavy atom. The van der Waals surface area contributed by atoms with Crippen LogP contribution >= 0.6 is 11.6 Å². The molecule has 19 heavy (non-hydrogen) atoms. The molecule has 4 heteroatoms. The summed E-state index contributed by atoms with van der Waals surface area (Å²) in [5, 5.41) is 0.766. The lowest BCUT2D eigenvalue weighted by Gasteiger charge is -2.21. The van der Waals surface area contributed by atoms with Gasteiger partial charge in [0.1, 0.15) is 0 Å². The van der Waals surface area contributed by atoms with Crippen LogP contribution < -0.4 is 5.73 Å². The predicted octanol–water partition coefficient (Wildman–Crippen LogP) is 2.37. The van der Waals surface area contributed by atoms with Gasteiger partial charge in [-0.15, -0.1) is 0 Å². The molecule has 0 spiro atoms. The van der Waals surface area contributed by atoms with E-state index in [9.17, 15) is 0 Å². The SMILES string of the molecule is CN(C)C1CCN(CCC(N)c2cccc(Cl)c2)C1. The van der Waals surface area contributed by atoms with Gasteiger partial charge in [-0.3, -0.25) is 0 Å². The van der Waals surface area contributed by atoms with Crippen LogP contribution in [0.3, 0.4) is 0 Å². The average Bonchev–Trinajstić information content (AvgIpc) is 2.85. The van der Waals surface area contributed by atoms with Crippen LogP contribution in [0.5, 0.6) is 0 Å². The molecule has 0 saturated carbocycles. The van der Waals surface area contributed by atoms with Gasteiger partial charge < -0.3 is 15.5 Å². The Hall–Kier alpha value is -0.610. The van der Waals surface area contributed by atoms with E-state index in [1.54, 1.807) is 0 Å². The van der Waals surface area contributed by atoms with E-state index in [1.807, 2.05) is 18.2 Å². The molecule has 0 bridgehead atoms. The van der Waals surface area contributed by atoms with E-state index in [1.165, 1.54) is 13.0 Å². The molecule has 1 aromatic rings. The molecule has 2 atom stereocenters. The Morgan fingerprint density at radius 2 is 2.26 bits per heavy atom. The van der Waals surface area contributed by atoms with Crippen molar-refractivity contribution in [1.29, 1.82) is 0 Å². The Labute approximate surface area is 121 Å². The van der Waals surface area contributed by atoms with Gasteiger partial charge >= 0.3 is 0 Å². The highest BCUT2D eigenvalue weighted by atomic mass is 35.5. The maximum absolute atomic E-state index is 6.24. The van der Waals surface area contributed by atoms with Crippen LogP contribution in [0.2, 0.25) is 5.02 Å². The van der Waals surface area contributed by atoms with Gasteiger partial charge in [0.2, 0.25) is 0 Å². The topological polar surface area (TPSA) is 32.5 Å². The van der Waals surface area contributed by atoms with Crippen molar-refractivity contribution in [3.05, 3.63) is 34.9 Å². The van der Waals surface area contributed by atoms with Crippen LogP contribution in [-0.2, 0) is 0 Å². The second-order valence-corrected chi connectivity index (χ2v) is 6.09. The molecule has 0 radical (unpaired) electrons. The standard InChI is InChI=1S/C15H24ClN3/c1-18(2)14-6-8-19(11-14)9-7-15(17)12-4-3-5-13(16)10-12/h3-5,10,14-15H,6-9,11,17H2,1-2H3. The van der Waals surface area contributed by atoms with E-state index in [4.69, 9.17) is 17.3 Å². The third-order valence-electron chi connectivity index (χ3n) is 4.01. The first-order valence-corrected chi connectivity index (χ1v) is 7.34. The Bertz CT molecular complexity index is 408. The van der Waals surface area contributed by atoms with Crippen molar-refractivity contribution in [2.45, 2.75) is 24.9 Å². The number of halogens is 1. The molecule has 3 nitrogen and oxygen atoms in total. The first kappa shape index (κ1) is 14.8. The minimum absolute atomic E-state index is 0.0807. The summed E-state index contributed by atoms with van der Waals surface area (Å²) in [4.78, 5) is 4.83. The van der Waals surface area contributed by atoms with Gasteiger partial charge in [-0.2, -0.15) is 0 Å². The van der Waals surface area contributed by atoms with Crippen LogP contribution in [0.25, 0.3) is 0 Å². The third kappa shape index (κ3) is 4.18. The zero-order valence-corrected chi connectivity index (χ0v) is 12.6. The molecular weight excluding hydrogens is 258 g/mol. The summed E-state index contributed by atoms with van der Waals surface area (Å²) < 4.78 is 0. The number of likely N-dealkylation sites (tertiary alicyclic amines) is 1. The molecule has 0 aliphatic carbocycles. The molecule has 1 heterocycles. The van der Waals surface area contributed by atoms with Gasteiger partial charge in [-0.1, -0.05) is 23.7 Å². The molecule has 0 aromatic heterocycles. The summed E-state index contributed by atoms with van der Waals surface area (Å²) in [6, 6.07) is 8.66. The highest BCUT2D eigenvalue weighted by Gasteiger charge is 2.23. The number of likely N-dealkylation sites (N-methyl/N-ethyl adjacent to an activating group) is 1. The van der Waals surface area contributed by atoms with Crippen molar-refractivity contribution in [3.63, 3.8) is 0 Å². The number of nitrogens with two attached hydrogens (primary N) is 1. The van der Waals surface area contributed by atoms with Crippen LogP contribution in [0.4, 0.5) is 0 Å². The molecule has 106 valence electrons. The maximum atomic E-state index is 6.24. The monoisotopic (exact) mass is 281 g/mol. The van der Waals surface area contributed by atoms with Gasteiger partial charge in [0, 0.05) is 30.2 Å². The highest BCUT2D eigenvalue weighted by Crippen LogP contribution is 2.20. The van der Waals surface area contributed by atoms with Crippen LogP contribution in [0.1, 0.15) is 24.4 Å². The fraction of sp³-hybridized carbons (Fsp3) is 0.600. The van der Waals surface area contributed by atoms with Gasteiger partial charge in [0.05, 0.1) is 0 Å². The smallest absolute Gasteiger partial charge is 0.0409 e. The van der Waals surface area contributed by atoms with E-state index in [0.717, 1.165) is 30.1 Å². The van der Waals surface area contributed by atoms with Gasteiger partial charge in [-0.05, 0) is 51.2 Å². The van der Waals surface area contributed by atoms with E-state index >= 15 is 0 Å². The van der Waals surface area contributed by atoms with E-state index < -0.39 is 0 Å². The van der Waals surface area contributed by atoms with E-state index in [0.29, 0.717) is 6.04 Å². The fourth-order valence-corrected chi connectivity index (χ4v) is 2.86. The number of hydrogen-bond donors (Lipinski definition) is 1. The minimum Gasteiger partial charge on any atom is -0.324 e. The minimum atomic E-state index is 0.0807. The number of rotatable bonds is 5. The molecule has 1 aromatic carbocycles. The Kier molecular flexibility index (Phi) is 5.22. The number of benzene rings is 1. The first-order chi connectivity index (χ1) is 9.06. The summed E-state index contributed by atoms with van der Waals surface area (Å²) in [5.74, 6) is 0. The normalized spacial score (nSPS) is 22.1. The van der Waals surface area contributed by atoms with Gasteiger partial charge in [0.15, 0.2) is 0 Å². The molecule has 2 unspecified atom stereocenters. The molecule has 1 saturated heterocycles. The predicted molar refractivity (Wildman–Crippen MR) is 81.5 cm³/mol. The molecule has 0 amide bonds. The summed E-state index contributed by atoms with van der Waals surface area (Å²) in [5.41, 5.74) is 7.38. The molecule has 2 rings (SSSR count). The summed E-state index contributed by atoms with van der Waals surface area (Å²) in [7, 11) is 4.32. The maximum Gasteiger partial charge on any atom is 0.0409 e. The van der Waals surface area contributed by atoms with Gasteiger partial charge in [0.25, 0.3) is 0 Å². The largest absolute Gasteiger partial charge is 0.324 e. The Balaban J connectivity index is 1.80. The van der Waals surface area contributed by atoms with Crippen LogP contribution in [-0.4, -0.2) is 49.6 Å². The molecule has 1 fully saturated rings. The zero-order chi connectivity index (χ0) is 13.8. The molecule has 1 aliphatic heterocycles. The van der Waals surface area contributed by atoms with Crippen molar-refractivity contribution < 1.29 is 0 Å². The average molecular weight is 282 g/mol. The highest BCUT2D eigenvalue weighted by molar-refractivity contribution is 6.30. The van der Waals surface area contributed by atoms with E-state index in [-0.39, 0.29) is 6.04 Å². The van der Waals surface area contributed by atoms with Crippen molar-refractivity contribution >= 4 is 11.6 Å². The molecule has 1 aliphatic rings. The van der Waals surface area contributed by atoms with E-state index in [2.05, 4.69) is 30.0 Å². The summed E-state index contributed by atoms with van der Waals surface area (Å²) in [6.45, 7) is 3.42. The van der Waals surface area contributed by atoms with Crippen molar-refractivity contribution in [2.75, 3.05) is 33.7 Å². The number of nitrogens with zero attached hydrogens (tertiary/aromatic N) is 2. The fourth-order valence-electron chi connectivity index (χ4n) is 2.66. The van der Waals surface area contributed by atoms with Crippen molar-refractivity contribution in [2.24, 2.45) is 5.73 Å². The summed E-state index contributed by atoms with van der Waals surface area (Å²) in [6.07, 6.45) is 2.25. The lowest BCUT2D eigenvalue weighted by molar-refractivity contribution is 0.263. The van der Waals surface area contributed by atoms with Crippen LogP contribution in [0, 0.1) is 0 Å². The molecular formula is C15H24ClN3. The van der Waals surface area contributed by atoms with Gasteiger partial charge in [-0.25, -0.2) is 0 Å². The summed E-state index contributed by atoms with van der Waals surface area (Å²) >= 11 is 6.00. The second-order valence-electron chi connectivity index (χ2n) is 5.66. The zero-order valence-electron chi connectivity index (χ0n) is 11.8. The number of hydrogen-bond acceptors (Lipinski definition) is 3. The first-order valence-electron chi connectivity index (χ1n) is 6.96. The molecule has 2 N–H and O–H groups in total. The van der Waals surface area contributed by atoms with Crippen molar-refractivity contribution in [3.8, 4) is 0 Å². The lowest BCUT2D eigenvalue weighted by Crippen LogP contribution is -2.32. The Morgan fingerprint density at radius 1 is 1.47 bits per heavy atom. The van der Waals surface area contributed by atoms with Crippen LogP contribution in [0.15, 0.2) is 24.3 Å².